The van der Waals surface area contributed by atoms with E-state index in [1.54, 1.807) is 30.5 Å². The van der Waals surface area contributed by atoms with Crippen LogP contribution in [0.1, 0.15) is 23.0 Å². The molecule has 0 saturated carbocycles. The van der Waals surface area contributed by atoms with Crippen LogP contribution in [0.2, 0.25) is 0 Å². The topological polar surface area (TPSA) is 123 Å². The molecule has 1 amide bonds. The summed E-state index contributed by atoms with van der Waals surface area (Å²) in [7, 11) is -3.45. The number of rotatable bonds is 8. The number of nitrogens with zero attached hydrogens (tertiary/aromatic N) is 3. The number of carbonyl (C=O) groups excluding carboxylic acids is 1. The Balaban J connectivity index is 1.71. The number of aromatic nitrogens is 2. The number of ether oxygens (including phenoxy) is 1. The first kappa shape index (κ1) is 21.9. The molecule has 9 nitrogen and oxygen atoms in total. The number of carbonyl (C=O) groups is 1. The largest absolute Gasteiger partial charge is 0.494 e. The van der Waals surface area contributed by atoms with Crippen LogP contribution in [0.5, 0.6) is 5.75 Å². The summed E-state index contributed by atoms with van der Waals surface area (Å²) in [4.78, 5) is 20.8. The summed E-state index contributed by atoms with van der Waals surface area (Å²) in [6, 6.07) is 14.0. The number of nitrogens with one attached hydrogen (secondary N) is 2. The van der Waals surface area contributed by atoms with E-state index in [0.717, 1.165) is 17.6 Å². The number of hydrogen-bond donors (Lipinski definition) is 2. The summed E-state index contributed by atoms with van der Waals surface area (Å²) in [6.07, 6.45) is 5.29. The molecule has 0 unspecified atom stereocenters. The van der Waals surface area contributed by atoms with E-state index in [1.807, 2.05) is 31.2 Å². The molecule has 3 rings (SSSR count). The lowest BCUT2D eigenvalue weighted by Gasteiger charge is -2.07. The monoisotopic (exact) mass is 439 g/mol. The van der Waals surface area contributed by atoms with Crippen molar-refractivity contribution < 1.29 is 17.9 Å². The van der Waals surface area contributed by atoms with E-state index in [4.69, 9.17) is 4.74 Å². The normalized spacial score (nSPS) is 11.3. The number of hydrazone groups is 1. The van der Waals surface area contributed by atoms with Crippen LogP contribution in [0.3, 0.4) is 0 Å². The smallest absolute Gasteiger partial charge is 0.291 e. The van der Waals surface area contributed by atoms with Gasteiger partial charge in [-0.1, -0.05) is 18.2 Å². The maximum absolute atomic E-state index is 12.4. The Bertz CT molecular complexity index is 1190. The Kier molecular flexibility index (Phi) is 6.93. The second-order valence-corrected chi connectivity index (χ2v) is 8.16. The highest BCUT2D eigenvalue weighted by atomic mass is 32.2. The Morgan fingerprint density at radius 2 is 1.87 bits per heavy atom. The first-order valence-electron chi connectivity index (χ1n) is 9.31. The van der Waals surface area contributed by atoms with Crippen LogP contribution in [0.15, 0.2) is 66.0 Å². The quantitative estimate of drug-likeness (QED) is 0.411. The van der Waals surface area contributed by atoms with Crippen molar-refractivity contribution in [3.8, 4) is 17.0 Å². The molecule has 0 radical (unpaired) electrons. The van der Waals surface area contributed by atoms with Crippen molar-refractivity contribution in [2.45, 2.75) is 6.92 Å². The van der Waals surface area contributed by atoms with Gasteiger partial charge in [-0.05, 0) is 37.3 Å². The number of sulfonamides is 1. The van der Waals surface area contributed by atoms with Gasteiger partial charge in [-0.3, -0.25) is 14.5 Å². The van der Waals surface area contributed by atoms with Gasteiger partial charge in [-0.25, -0.2) is 18.8 Å². The lowest BCUT2D eigenvalue weighted by atomic mass is 10.1. The maximum atomic E-state index is 12.4. The van der Waals surface area contributed by atoms with Gasteiger partial charge in [0.25, 0.3) is 5.91 Å². The fourth-order valence-electron chi connectivity index (χ4n) is 2.62. The second-order valence-electron chi connectivity index (χ2n) is 6.41. The predicted octanol–water partition coefficient (Wildman–Crippen LogP) is 2.68. The van der Waals surface area contributed by atoms with Gasteiger partial charge in [0, 0.05) is 11.1 Å². The van der Waals surface area contributed by atoms with Gasteiger partial charge < -0.3 is 4.74 Å². The number of anilines is 1. The maximum Gasteiger partial charge on any atom is 0.291 e. The second kappa shape index (κ2) is 9.81. The highest BCUT2D eigenvalue weighted by molar-refractivity contribution is 7.92. The van der Waals surface area contributed by atoms with Gasteiger partial charge in [0.1, 0.15) is 11.4 Å². The molecule has 2 N–H and O–H groups in total. The number of amides is 1. The number of para-hydroxylation sites is 1. The SMILES string of the molecule is CCOc1ccc(-c2cncc(C(=O)NN=Cc3ccccc3NS(C)(=O)=O)n2)cc1. The molecular formula is C21H21N5O4S. The van der Waals surface area contributed by atoms with Gasteiger partial charge in [0.15, 0.2) is 0 Å². The van der Waals surface area contributed by atoms with E-state index in [0.29, 0.717) is 23.6 Å². The van der Waals surface area contributed by atoms with Crippen LogP contribution < -0.4 is 14.9 Å². The molecule has 1 heterocycles. The molecule has 0 spiro atoms. The first-order chi connectivity index (χ1) is 14.9. The third-order valence-electron chi connectivity index (χ3n) is 3.95. The Morgan fingerprint density at radius 3 is 2.58 bits per heavy atom. The molecule has 0 atom stereocenters. The van der Waals surface area contributed by atoms with Gasteiger partial charge in [0.05, 0.1) is 42.9 Å². The van der Waals surface area contributed by atoms with Crippen molar-refractivity contribution in [1.29, 1.82) is 0 Å². The lowest BCUT2D eigenvalue weighted by molar-refractivity contribution is 0.0950. The summed E-state index contributed by atoms with van der Waals surface area (Å²) in [5, 5.41) is 3.90. The molecule has 2 aromatic carbocycles. The van der Waals surface area contributed by atoms with Crippen molar-refractivity contribution in [3.05, 3.63) is 72.2 Å². The van der Waals surface area contributed by atoms with Gasteiger partial charge in [-0.15, -0.1) is 0 Å². The van der Waals surface area contributed by atoms with E-state index in [2.05, 4.69) is 25.2 Å². The van der Waals surface area contributed by atoms with Crippen molar-refractivity contribution >= 4 is 27.8 Å². The molecular weight excluding hydrogens is 418 g/mol. The zero-order chi connectivity index (χ0) is 22.3. The van der Waals surface area contributed by atoms with E-state index < -0.39 is 15.9 Å². The standard InChI is InChI=1S/C21H21N5O4S/c1-3-30-17-10-8-15(9-11-17)19-13-22-14-20(24-19)21(27)25-23-12-16-6-4-5-7-18(16)26-31(2,28)29/h4-14,26H,3H2,1-2H3,(H,25,27). The van der Waals surface area contributed by atoms with Gasteiger partial charge in [0.2, 0.25) is 10.0 Å². The van der Waals surface area contributed by atoms with Crippen LogP contribution in [0, 0.1) is 0 Å². The Labute approximate surface area is 180 Å². The van der Waals surface area contributed by atoms with Crippen molar-refractivity contribution in [1.82, 2.24) is 15.4 Å². The molecule has 31 heavy (non-hydrogen) atoms. The van der Waals surface area contributed by atoms with Crippen LogP contribution in [-0.2, 0) is 10.0 Å². The fraction of sp³-hybridized carbons (Fsp3) is 0.143. The highest BCUT2D eigenvalue weighted by Gasteiger charge is 2.10. The summed E-state index contributed by atoms with van der Waals surface area (Å²) in [5.41, 5.74) is 4.61. The third-order valence-corrected chi connectivity index (χ3v) is 4.54. The number of hydrogen-bond acceptors (Lipinski definition) is 7. The molecule has 160 valence electrons. The molecule has 3 aromatic rings. The van der Waals surface area contributed by atoms with Crippen LogP contribution in [-0.4, -0.2) is 43.4 Å². The van der Waals surface area contributed by atoms with Crippen molar-refractivity contribution in [3.63, 3.8) is 0 Å². The van der Waals surface area contributed by atoms with E-state index in [-0.39, 0.29) is 5.69 Å². The molecule has 0 saturated heterocycles. The summed E-state index contributed by atoms with van der Waals surface area (Å²) < 4.78 is 30.8. The van der Waals surface area contributed by atoms with E-state index >= 15 is 0 Å². The Morgan fingerprint density at radius 1 is 1.13 bits per heavy atom. The molecule has 0 aliphatic carbocycles. The minimum Gasteiger partial charge on any atom is -0.494 e. The summed E-state index contributed by atoms with van der Waals surface area (Å²) in [6.45, 7) is 2.48. The van der Waals surface area contributed by atoms with Crippen LogP contribution >= 0.6 is 0 Å². The number of benzene rings is 2. The summed E-state index contributed by atoms with van der Waals surface area (Å²) >= 11 is 0. The average Bonchev–Trinajstić information content (AvgIpc) is 2.75. The molecule has 1 aromatic heterocycles. The minimum atomic E-state index is -3.45. The van der Waals surface area contributed by atoms with Crippen LogP contribution in [0.4, 0.5) is 5.69 Å². The average molecular weight is 439 g/mol. The predicted molar refractivity (Wildman–Crippen MR) is 119 cm³/mol. The molecule has 0 bridgehead atoms. The van der Waals surface area contributed by atoms with Gasteiger partial charge >= 0.3 is 0 Å². The summed E-state index contributed by atoms with van der Waals surface area (Å²) in [5.74, 6) is 0.193. The fourth-order valence-corrected chi connectivity index (χ4v) is 3.21. The van der Waals surface area contributed by atoms with Crippen LogP contribution in [0.25, 0.3) is 11.3 Å². The Hall–Kier alpha value is -3.79. The zero-order valence-electron chi connectivity index (χ0n) is 16.9. The first-order valence-corrected chi connectivity index (χ1v) is 11.2. The highest BCUT2D eigenvalue weighted by Crippen LogP contribution is 2.20. The van der Waals surface area contributed by atoms with Gasteiger partial charge in [-0.2, -0.15) is 5.10 Å². The third kappa shape index (κ3) is 6.34. The minimum absolute atomic E-state index is 0.0890. The lowest BCUT2D eigenvalue weighted by Crippen LogP contribution is -2.19. The molecule has 10 heteroatoms. The zero-order valence-corrected chi connectivity index (χ0v) is 17.8. The molecule has 0 fully saturated rings. The molecule has 0 aliphatic heterocycles. The van der Waals surface area contributed by atoms with E-state index in [1.165, 1.54) is 12.4 Å². The van der Waals surface area contributed by atoms with Crippen molar-refractivity contribution in [2.24, 2.45) is 5.10 Å². The van der Waals surface area contributed by atoms with Crippen molar-refractivity contribution in [2.75, 3.05) is 17.6 Å². The molecule has 0 aliphatic rings. The van der Waals surface area contributed by atoms with E-state index in [9.17, 15) is 13.2 Å².